The third-order valence-corrected chi connectivity index (χ3v) is 3.28. The van der Waals surface area contributed by atoms with Gasteiger partial charge in [0, 0.05) is 26.2 Å². The molecule has 0 aliphatic carbocycles. The van der Waals surface area contributed by atoms with Gasteiger partial charge in [0.05, 0.1) is 15.7 Å². The van der Waals surface area contributed by atoms with Gasteiger partial charge >= 0.3 is 0 Å². The lowest BCUT2D eigenvalue weighted by Crippen LogP contribution is -2.43. The standard InChI is InChI=1S/C10H12Cl2N2O/c11-7-1-2-8(15)10(9(7)12)14-5-3-13-4-6-14/h1-2,13,15H,3-6H2. The van der Waals surface area contributed by atoms with E-state index in [2.05, 4.69) is 5.32 Å². The molecule has 1 fully saturated rings. The molecule has 1 heterocycles. The van der Waals surface area contributed by atoms with Gasteiger partial charge in [-0.15, -0.1) is 0 Å². The summed E-state index contributed by atoms with van der Waals surface area (Å²) in [7, 11) is 0. The van der Waals surface area contributed by atoms with Crippen molar-refractivity contribution in [2.75, 3.05) is 31.1 Å². The number of benzene rings is 1. The Morgan fingerprint density at radius 1 is 1.20 bits per heavy atom. The summed E-state index contributed by atoms with van der Waals surface area (Å²) < 4.78 is 0. The first-order valence-corrected chi connectivity index (χ1v) is 5.58. The van der Waals surface area contributed by atoms with E-state index in [1.165, 1.54) is 0 Å². The molecule has 1 aromatic carbocycles. The fourth-order valence-corrected chi connectivity index (χ4v) is 2.15. The van der Waals surface area contributed by atoms with Crippen molar-refractivity contribution in [3.8, 4) is 5.75 Å². The Morgan fingerprint density at radius 3 is 2.53 bits per heavy atom. The lowest BCUT2D eigenvalue weighted by Gasteiger charge is -2.30. The van der Waals surface area contributed by atoms with E-state index in [-0.39, 0.29) is 5.75 Å². The molecule has 1 aromatic rings. The molecule has 1 aliphatic rings. The second-order valence-corrected chi connectivity index (χ2v) is 4.25. The molecule has 0 spiro atoms. The van der Waals surface area contributed by atoms with E-state index in [4.69, 9.17) is 23.2 Å². The van der Waals surface area contributed by atoms with Crippen molar-refractivity contribution in [3.05, 3.63) is 22.2 Å². The summed E-state index contributed by atoms with van der Waals surface area (Å²) in [6.45, 7) is 3.44. The monoisotopic (exact) mass is 246 g/mol. The Bertz CT molecular complexity index is 365. The van der Waals surface area contributed by atoms with Crippen LogP contribution in [-0.4, -0.2) is 31.3 Å². The lowest BCUT2D eigenvalue weighted by atomic mass is 10.2. The molecule has 82 valence electrons. The zero-order chi connectivity index (χ0) is 10.8. The number of nitrogens with zero attached hydrogens (tertiary/aromatic N) is 1. The molecule has 0 amide bonds. The van der Waals surface area contributed by atoms with Crippen molar-refractivity contribution >= 4 is 28.9 Å². The van der Waals surface area contributed by atoms with E-state index < -0.39 is 0 Å². The van der Waals surface area contributed by atoms with Gasteiger partial charge in [-0.2, -0.15) is 0 Å². The largest absolute Gasteiger partial charge is 0.506 e. The van der Waals surface area contributed by atoms with Gasteiger partial charge in [0.1, 0.15) is 5.75 Å². The highest BCUT2D eigenvalue weighted by Gasteiger charge is 2.18. The molecular formula is C10H12Cl2N2O. The van der Waals surface area contributed by atoms with E-state index in [0.29, 0.717) is 15.7 Å². The van der Waals surface area contributed by atoms with E-state index in [1.807, 2.05) is 4.90 Å². The van der Waals surface area contributed by atoms with Crippen LogP contribution in [0.1, 0.15) is 0 Å². The van der Waals surface area contributed by atoms with Crippen LogP contribution in [0, 0.1) is 0 Å². The van der Waals surface area contributed by atoms with Crippen molar-refractivity contribution in [1.82, 2.24) is 5.32 Å². The lowest BCUT2D eigenvalue weighted by molar-refractivity contribution is 0.470. The van der Waals surface area contributed by atoms with Crippen LogP contribution in [-0.2, 0) is 0 Å². The van der Waals surface area contributed by atoms with Gasteiger partial charge in [0.25, 0.3) is 0 Å². The summed E-state index contributed by atoms with van der Waals surface area (Å²) in [6.07, 6.45) is 0. The molecule has 5 heteroatoms. The van der Waals surface area contributed by atoms with Gasteiger partial charge in [0.15, 0.2) is 0 Å². The van der Waals surface area contributed by atoms with Crippen molar-refractivity contribution in [2.45, 2.75) is 0 Å². The molecule has 0 atom stereocenters. The predicted octanol–water partition coefficient (Wildman–Crippen LogP) is 2.11. The van der Waals surface area contributed by atoms with Crippen LogP contribution in [0.2, 0.25) is 10.0 Å². The Balaban J connectivity index is 2.36. The average molecular weight is 247 g/mol. The molecule has 2 N–H and O–H groups in total. The number of rotatable bonds is 1. The molecule has 0 unspecified atom stereocenters. The van der Waals surface area contributed by atoms with Gasteiger partial charge in [-0.05, 0) is 12.1 Å². The molecule has 3 nitrogen and oxygen atoms in total. The fourth-order valence-electron chi connectivity index (χ4n) is 1.72. The van der Waals surface area contributed by atoms with Crippen molar-refractivity contribution < 1.29 is 5.11 Å². The smallest absolute Gasteiger partial charge is 0.140 e. The van der Waals surface area contributed by atoms with Gasteiger partial charge in [-0.1, -0.05) is 23.2 Å². The molecular weight excluding hydrogens is 235 g/mol. The van der Waals surface area contributed by atoms with E-state index in [9.17, 15) is 5.11 Å². The molecule has 0 radical (unpaired) electrons. The fraction of sp³-hybridized carbons (Fsp3) is 0.400. The zero-order valence-corrected chi connectivity index (χ0v) is 9.65. The topological polar surface area (TPSA) is 35.5 Å². The Labute approximate surface area is 98.6 Å². The summed E-state index contributed by atoms with van der Waals surface area (Å²) in [6, 6.07) is 3.18. The third kappa shape index (κ3) is 2.14. The van der Waals surface area contributed by atoms with Crippen molar-refractivity contribution in [3.63, 3.8) is 0 Å². The normalized spacial score (nSPS) is 16.8. The van der Waals surface area contributed by atoms with Crippen LogP contribution >= 0.6 is 23.2 Å². The molecule has 1 aliphatic heterocycles. The van der Waals surface area contributed by atoms with E-state index in [0.717, 1.165) is 26.2 Å². The minimum atomic E-state index is 0.186. The second kappa shape index (κ2) is 4.47. The number of hydrogen-bond acceptors (Lipinski definition) is 3. The molecule has 15 heavy (non-hydrogen) atoms. The van der Waals surface area contributed by atoms with Crippen LogP contribution < -0.4 is 10.2 Å². The number of hydrogen-bond donors (Lipinski definition) is 2. The van der Waals surface area contributed by atoms with Crippen LogP contribution in [0.25, 0.3) is 0 Å². The zero-order valence-electron chi connectivity index (χ0n) is 8.13. The number of piperazine rings is 1. The molecule has 0 aromatic heterocycles. The quantitative estimate of drug-likeness (QED) is 0.797. The predicted molar refractivity (Wildman–Crippen MR) is 63.2 cm³/mol. The van der Waals surface area contributed by atoms with Crippen LogP contribution in [0.15, 0.2) is 12.1 Å². The summed E-state index contributed by atoms with van der Waals surface area (Å²) in [5, 5.41) is 13.9. The van der Waals surface area contributed by atoms with Gasteiger partial charge in [0.2, 0.25) is 0 Å². The van der Waals surface area contributed by atoms with Crippen LogP contribution in [0.4, 0.5) is 5.69 Å². The number of halogens is 2. The molecule has 0 bridgehead atoms. The summed E-state index contributed by atoms with van der Waals surface area (Å²) in [5.74, 6) is 0.186. The second-order valence-electron chi connectivity index (χ2n) is 3.47. The molecule has 2 rings (SSSR count). The van der Waals surface area contributed by atoms with Gasteiger partial charge in [-0.3, -0.25) is 0 Å². The molecule has 1 saturated heterocycles. The van der Waals surface area contributed by atoms with Crippen LogP contribution in [0.5, 0.6) is 5.75 Å². The Hall–Kier alpha value is -0.640. The summed E-state index contributed by atoms with van der Waals surface area (Å²) in [4.78, 5) is 2.04. The molecule has 0 saturated carbocycles. The SMILES string of the molecule is Oc1ccc(Cl)c(Cl)c1N1CCNCC1. The first-order valence-electron chi connectivity index (χ1n) is 4.83. The maximum absolute atomic E-state index is 9.76. The van der Waals surface area contributed by atoms with Crippen molar-refractivity contribution in [2.24, 2.45) is 0 Å². The van der Waals surface area contributed by atoms with E-state index in [1.54, 1.807) is 12.1 Å². The van der Waals surface area contributed by atoms with E-state index >= 15 is 0 Å². The highest BCUT2D eigenvalue weighted by Crippen LogP contribution is 2.39. The van der Waals surface area contributed by atoms with Gasteiger partial charge in [-0.25, -0.2) is 0 Å². The minimum absolute atomic E-state index is 0.186. The highest BCUT2D eigenvalue weighted by atomic mass is 35.5. The number of phenolic OH excluding ortho intramolecular Hbond substituents is 1. The van der Waals surface area contributed by atoms with Crippen molar-refractivity contribution in [1.29, 1.82) is 0 Å². The minimum Gasteiger partial charge on any atom is -0.506 e. The van der Waals surface area contributed by atoms with Crippen LogP contribution in [0.3, 0.4) is 0 Å². The highest BCUT2D eigenvalue weighted by molar-refractivity contribution is 6.44. The number of nitrogens with one attached hydrogen (secondary N) is 1. The number of aromatic hydroxyl groups is 1. The maximum Gasteiger partial charge on any atom is 0.140 e. The maximum atomic E-state index is 9.76. The summed E-state index contributed by atoms with van der Waals surface area (Å²) >= 11 is 12.0. The first-order chi connectivity index (χ1) is 7.20. The Kier molecular flexibility index (Phi) is 3.24. The summed E-state index contributed by atoms with van der Waals surface area (Å²) in [5.41, 5.74) is 0.644. The number of phenols is 1. The average Bonchev–Trinajstić information content (AvgIpc) is 2.26. The first kappa shape index (κ1) is 10.9. The third-order valence-electron chi connectivity index (χ3n) is 2.48. The Morgan fingerprint density at radius 2 is 1.87 bits per heavy atom. The van der Waals surface area contributed by atoms with Gasteiger partial charge < -0.3 is 15.3 Å². The number of anilines is 1.